The smallest absolute Gasteiger partial charge is 0.188 e. The summed E-state index contributed by atoms with van der Waals surface area (Å²) >= 11 is 0. The van der Waals surface area contributed by atoms with E-state index in [0.717, 1.165) is 18.4 Å². The zero-order chi connectivity index (χ0) is 11.6. The molecule has 1 aromatic carbocycles. The Kier molecular flexibility index (Phi) is 2.81. The Labute approximate surface area is 95.0 Å². The molecule has 1 aromatic rings. The second-order valence-electron chi connectivity index (χ2n) is 4.15. The van der Waals surface area contributed by atoms with E-state index in [-0.39, 0.29) is 11.4 Å². The Balaban J connectivity index is 2.00. The summed E-state index contributed by atoms with van der Waals surface area (Å²) in [5.41, 5.74) is 0.976. The highest BCUT2D eigenvalue weighted by atomic mass is 16.5. The first-order valence-corrected chi connectivity index (χ1v) is 5.52. The van der Waals surface area contributed by atoms with E-state index in [4.69, 9.17) is 4.74 Å². The molecule has 0 saturated carbocycles. The van der Waals surface area contributed by atoms with Crippen LogP contribution in [0.4, 0.5) is 0 Å². The molecule has 0 radical (unpaired) electrons. The molecular weight excluding hydrogens is 204 g/mol. The van der Waals surface area contributed by atoms with Crippen LogP contribution in [0.3, 0.4) is 0 Å². The predicted molar refractivity (Wildman–Crippen MR) is 60.9 cm³/mol. The van der Waals surface area contributed by atoms with Gasteiger partial charge in [0.1, 0.15) is 0 Å². The highest BCUT2D eigenvalue weighted by molar-refractivity contribution is 5.41. The van der Waals surface area contributed by atoms with E-state index < -0.39 is 0 Å². The van der Waals surface area contributed by atoms with Gasteiger partial charge in [0, 0.05) is 6.42 Å². The van der Waals surface area contributed by atoms with E-state index in [0.29, 0.717) is 12.4 Å². The van der Waals surface area contributed by atoms with Crippen LogP contribution < -0.4 is 4.74 Å². The average Bonchev–Trinajstić information content (AvgIpc) is 2.99. The van der Waals surface area contributed by atoms with Crippen molar-refractivity contribution in [3.63, 3.8) is 0 Å². The number of hydrogen-bond donors (Lipinski definition) is 1. The lowest BCUT2D eigenvalue weighted by Gasteiger charge is -2.09. The van der Waals surface area contributed by atoms with Crippen molar-refractivity contribution in [2.45, 2.75) is 32.4 Å². The van der Waals surface area contributed by atoms with E-state index >= 15 is 0 Å². The molecule has 0 unspecified atom stereocenters. The summed E-state index contributed by atoms with van der Waals surface area (Å²) in [6, 6.07) is 5.46. The van der Waals surface area contributed by atoms with Crippen LogP contribution in [0.1, 0.15) is 25.8 Å². The number of aromatic hydroxyl groups is 1. The maximum atomic E-state index is 9.54. The van der Waals surface area contributed by atoms with Crippen molar-refractivity contribution in [3.8, 4) is 11.5 Å². The quantitative estimate of drug-likeness (QED) is 0.829. The molecule has 0 amide bonds. The number of ether oxygens (including phenoxy) is 1. The summed E-state index contributed by atoms with van der Waals surface area (Å²) < 4.78 is 5.33. The molecule has 2 rings (SSSR count). The van der Waals surface area contributed by atoms with Crippen LogP contribution in [0, 0.1) is 0 Å². The highest BCUT2D eigenvalue weighted by Crippen LogP contribution is 2.33. The molecule has 0 aromatic heterocycles. The van der Waals surface area contributed by atoms with Crippen molar-refractivity contribution in [2.24, 2.45) is 10.2 Å². The summed E-state index contributed by atoms with van der Waals surface area (Å²) in [5, 5.41) is 17.5. The lowest BCUT2D eigenvalue weighted by atomic mass is 10.0. The molecule has 1 aliphatic heterocycles. The lowest BCUT2D eigenvalue weighted by molar-refractivity contribution is 0.317. The second kappa shape index (κ2) is 4.12. The van der Waals surface area contributed by atoms with Crippen LogP contribution in [0.15, 0.2) is 28.4 Å². The number of nitrogens with zero attached hydrogens (tertiary/aromatic N) is 2. The SMILES string of the molecule is CCOc1cc(CCC2(C)N=N2)ccc1O. The minimum atomic E-state index is -0.163. The van der Waals surface area contributed by atoms with Gasteiger partial charge in [0.25, 0.3) is 0 Å². The van der Waals surface area contributed by atoms with Crippen molar-refractivity contribution in [3.05, 3.63) is 23.8 Å². The Bertz CT molecular complexity index is 409. The van der Waals surface area contributed by atoms with Gasteiger partial charge in [-0.25, -0.2) is 0 Å². The first-order valence-electron chi connectivity index (χ1n) is 5.52. The monoisotopic (exact) mass is 220 g/mol. The van der Waals surface area contributed by atoms with E-state index in [1.54, 1.807) is 6.07 Å². The summed E-state index contributed by atoms with van der Waals surface area (Å²) in [5.74, 6) is 0.743. The molecule has 0 aliphatic carbocycles. The van der Waals surface area contributed by atoms with Gasteiger partial charge in [-0.15, -0.1) is 0 Å². The standard InChI is InChI=1S/C12H16N2O2/c1-3-16-11-8-9(4-5-10(11)15)6-7-12(2)13-14-12/h4-5,8,15H,3,6-7H2,1-2H3. The topological polar surface area (TPSA) is 54.2 Å². The largest absolute Gasteiger partial charge is 0.504 e. The molecule has 0 fully saturated rings. The summed E-state index contributed by atoms with van der Waals surface area (Å²) in [6.07, 6.45) is 1.80. The second-order valence-corrected chi connectivity index (χ2v) is 4.15. The molecule has 16 heavy (non-hydrogen) atoms. The maximum Gasteiger partial charge on any atom is 0.188 e. The first kappa shape index (κ1) is 10.9. The van der Waals surface area contributed by atoms with Crippen LogP contribution in [-0.2, 0) is 6.42 Å². The minimum absolute atomic E-state index is 0.163. The van der Waals surface area contributed by atoms with Gasteiger partial charge in [0.15, 0.2) is 17.2 Å². The number of rotatable bonds is 5. The minimum Gasteiger partial charge on any atom is -0.504 e. The number of aryl methyl sites for hydroxylation is 1. The summed E-state index contributed by atoms with van der Waals surface area (Å²) in [7, 11) is 0. The number of benzene rings is 1. The van der Waals surface area contributed by atoms with E-state index in [1.807, 2.05) is 26.0 Å². The molecule has 1 N–H and O–H groups in total. The normalized spacial score (nSPS) is 16.1. The lowest BCUT2D eigenvalue weighted by Crippen LogP contribution is -2.05. The Morgan fingerprint density at radius 1 is 1.38 bits per heavy atom. The van der Waals surface area contributed by atoms with Gasteiger partial charge in [0.2, 0.25) is 0 Å². The predicted octanol–water partition coefficient (Wildman–Crippen LogP) is 2.91. The summed E-state index contributed by atoms with van der Waals surface area (Å²) in [6.45, 7) is 4.46. The molecule has 0 atom stereocenters. The van der Waals surface area contributed by atoms with Crippen LogP contribution in [0.2, 0.25) is 0 Å². The van der Waals surface area contributed by atoms with Gasteiger partial charge in [-0.1, -0.05) is 6.07 Å². The van der Waals surface area contributed by atoms with Gasteiger partial charge in [-0.05, 0) is 38.0 Å². The third-order valence-corrected chi connectivity index (χ3v) is 2.65. The molecule has 1 aliphatic rings. The molecule has 4 heteroatoms. The highest BCUT2D eigenvalue weighted by Gasteiger charge is 2.32. The number of phenols is 1. The fourth-order valence-electron chi connectivity index (χ4n) is 1.55. The molecule has 86 valence electrons. The number of phenolic OH excluding ortho intramolecular Hbond substituents is 1. The van der Waals surface area contributed by atoms with Crippen molar-refractivity contribution in [2.75, 3.05) is 6.61 Å². The average molecular weight is 220 g/mol. The van der Waals surface area contributed by atoms with Crippen LogP contribution in [0.25, 0.3) is 0 Å². The van der Waals surface area contributed by atoms with Gasteiger partial charge in [-0.2, -0.15) is 10.2 Å². The van der Waals surface area contributed by atoms with E-state index in [2.05, 4.69) is 10.2 Å². The van der Waals surface area contributed by atoms with Crippen molar-refractivity contribution < 1.29 is 9.84 Å². The van der Waals surface area contributed by atoms with Gasteiger partial charge < -0.3 is 9.84 Å². The van der Waals surface area contributed by atoms with Crippen molar-refractivity contribution >= 4 is 0 Å². The first-order chi connectivity index (χ1) is 7.63. The molecule has 0 saturated heterocycles. The zero-order valence-electron chi connectivity index (χ0n) is 9.60. The van der Waals surface area contributed by atoms with Gasteiger partial charge in [-0.3, -0.25) is 0 Å². The molecule has 0 spiro atoms. The zero-order valence-corrected chi connectivity index (χ0v) is 9.60. The third kappa shape index (κ3) is 2.51. The third-order valence-electron chi connectivity index (χ3n) is 2.65. The Morgan fingerprint density at radius 2 is 2.12 bits per heavy atom. The molecule has 0 bridgehead atoms. The van der Waals surface area contributed by atoms with E-state index in [1.165, 1.54) is 0 Å². The summed E-state index contributed by atoms with van der Waals surface area (Å²) in [4.78, 5) is 0. The van der Waals surface area contributed by atoms with Crippen molar-refractivity contribution in [1.82, 2.24) is 0 Å². The Morgan fingerprint density at radius 3 is 2.75 bits per heavy atom. The number of hydrogen-bond acceptors (Lipinski definition) is 4. The van der Waals surface area contributed by atoms with E-state index in [9.17, 15) is 5.11 Å². The van der Waals surface area contributed by atoms with Crippen LogP contribution >= 0.6 is 0 Å². The fourth-order valence-corrected chi connectivity index (χ4v) is 1.55. The maximum absolute atomic E-state index is 9.54. The molecular formula is C12H16N2O2. The molecule has 4 nitrogen and oxygen atoms in total. The Hall–Kier alpha value is -1.58. The molecule has 1 heterocycles. The van der Waals surface area contributed by atoms with Gasteiger partial charge >= 0.3 is 0 Å². The van der Waals surface area contributed by atoms with Crippen LogP contribution in [-0.4, -0.2) is 17.4 Å². The van der Waals surface area contributed by atoms with Gasteiger partial charge in [0.05, 0.1) is 6.61 Å². The fraction of sp³-hybridized carbons (Fsp3) is 0.500. The van der Waals surface area contributed by atoms with Crippen molar-refractivity contribution in [1.29, 1.82) is 0 Å². The van der Waals surface area contributed by atoms with Crippen LogP contribution in [0.5, 0.6) is 11.5 Å².